The van der Waals surface area contributed by atoms with Crippen molar-refractivity contribution >= 4 is 22.2 Å². The van der Waals surface area contributed by atoms with Crippen molar-refractivity contribution in [2.45, 2.75) is 17.8 Å². The van der Waals surface area contributed by atoms with Crippen LogP contribution in [-0.4, -0.2) is 60.2 Å². The molecule has 0 spiro atoms. The van der Waals surface area contributed by atoms with E-state index in [0.29, 0.717) is 31.3 Å². The van der Waals surface area contributed by atoms with Crippen molar-refractivity contribution in [3.05, 3.63) is 64.3 Å². The zero-order valence-electron chi connectivity index (χ0n) is 20.7. The van der Waals surface area contributed by atoms with Crippen LogP contribution in [-0.2, 0) is 18.0 Å². The molecule has 1 aromatic carbocycles. The van der Waals surface area contributed by atoms with E-state index < -0.39 is 33.6 Å². The quantitative estimate of drug-likeness (QED) is 0.289. The van der Waals surface area contributed by atoms with Crippen LogP contribution >= 0.6 is 10.6 Å². The highest BCUT2D eigenvalue weighted by Crippen LogP contribution is 2.46. The van der Waals surface area contributed by atoms with E-state index in [2.05, 4.69) is 32.4 Å². The van der Waals surface area contributed by atoms with Crippen molar-refractivity contribution in [1.29, 1.82) is 0 Å². The molecule has 1 saturated heterocycles. The van der Waals surface area contributed by atoms with Gasteiger partial charge in [0.1, 0.15) is 17.3 Å². The van der Waals surface area contributed by atoms with E-state index in [9.17, 15) is 31.9 Å². The Hall–Kier alpha value is -3.77. The summed E-state index contributed by atoms with van der Waals surface area (Å²) in [6.07, 6.45) is -2.14. The fourth-order valence-electron chi connectivity index (χ4n) is 3.84. The number of benzene rings is 1. The molecule has 1 atom stereocenters. The first-order valence-corrected chi connectivity index (χ1v) is 13.5. The molecular weight excluding hydrogens is 539 g/mol. The van der Waals surface area contributed by atoms with Crippen LogP contribution < -0.4 is 20.9 Å². The summed E-state index contributed by atoms with van der Waals surface area (Å²) >= 11 is 0. The number of anilines is 1. The maximum atomic E-state index is 13.0. The maximum absolute atomic E-state index is 13.0. The van der Waals surface area contributed by atoms with Crippen LogP contribution in [0.15, 0.2) is 47.5 Å². The topological polar surface area (TPSA) is 142 Å². The molecule has 1 aliphatic rings. The van der Waals surface area contributed by atoms with Gasteiger partial charge in [-0.3, -0.25) is 18.7 Å². The van der Waals surface area contributed by atoms with Crippen molar-refractivity contribution in [3.8, 4) is 29.0 Å². The predicted molar refractivity (Wildman–Crippen MR) is 141 cm³/mol. The minimum absolute atomic E-state index is 0.0668. The number of hydrogen-bond acceptors (Lipinski definition) is 7. The number of amides is 1. The molecule has 1 fully saturated rings. The summed E-state index contributed by atoms with van der Waals surface area (Å²) in [5, 5.41) is 5.29. The lowest BCUT2D eigenvalue weighted by molar-refractivity contribution is -0.140. The van der Waals surface area contributed by atoms with Crippen molar-refractivity contribution in [2.75, 3.05) is 30.8 Å². The van der Waals surface area contributed by atoms with Gasteiger partial charge < -0.3 is 24.9 Å². The molecule has 3 heterocycles. The van der Waals surface area contributed by atoms with E-state index in [1.54, 1.807) is 7.05 Å². The highest BCUT2D eigenvalue weighted by molar-refractivity contribution is 8.24. The maximum Gasteiger partial charge on any atom is 0.432 e. The number of carbonyl (C=O) groups is 1. The lowest BCUT2D eigenvalue weighted by atomic mass is 10.1. The lowest BCUT2D eigenvalue weighted by Crippen LogP contribution is -2.41. The summed E-state index contributed by atoms with van der Waals surface area (Å²) in [5.41, 5.74) is -0.449. The molecule has 0 saturated carbocycles. The number of aromatic nitrogens is 3. The average Bonchev–Trinajstić information content (AvgIpc) is 3.38. The number of H-pyrrole nitrogens is 1. The molecule has 5 N–H and O–H groups in total. The molecule has 0 bridgehead atoms. The Balaban J connectivity index is 1.55. The van der Waals surface area contributed by atoms with Crippen LogP contribution in [0.3, 0.4) is 0 Å². The Morgan fingerprint density at radius 1 is 1.31 bits per heavy atom. The summed E-state index contributed by atoms with van der Waals surface area (Å²) in [5.74, 6) is 4.72. The molecule has 0 aliphatic carbocycles. The Labute approximate surface area is 223 Å². The first-order chi connectivity index (χ1) is 18.4. The van der Waals surface area contributed by atoms with E-state index >= 15 is 0 Å². The second kappa shape index (κ2) is 11.5. The number of nitrogens with zero attached hydrogens (tertiary/aromatic N) is 2. The molecule has 208 valence electrons. The van der Waals surface area contributed by atoms with E-state index in [4.69, 9.17) is 4.74 Å². The SMILES string of the molecule is Cn1cc(C#CC(=O)Nc2cc(-c3ncc(C(F)(F)F)[nH]3)ccc2OCCC2CNCCS2(O)O)ccc1=O. The molecule has 1 aliphatic heterocycles. The molecule has 2 aromatic heterocycles. The third-order valence-electron chi connectivity index (χ3n) is 5.97. The number of ether oxygens (including phenoxy) is 1. The van der Waals surface area contributed by atoms with Gasteiger partial charge in [-0.2, -0.15) is 23.8 Å². The minimum Gasteiger partial charge on any atom is -0.491 e. The van der Waals surface area contributed by atoms with Crippen LogP contribution in [0.5, 0.6) is 5.75 Å². The van der Waals surface area contributed by atoms with Gasteiger partial charge in [0.15, 0.2) is 0 Å². The van der Waals surface area contributed by atoms with E-state index in [-0.39, 0.29) is 40.7 Å². The lowest BCUT2D eigenvalue weighted by Gasteiger charge is -2.43. The van der Waals surface area contributed by atoms with Crippen molar-refractivity contribution in [1.82, 2.24) is 19.9 Å². The summed E-state index contributed by atoms with van der Waals surface area (Å²) in [7, 11) is -1.21. The summed E-state index contributed by atoms with van der Waals surface area (Å²) < 4.78 is 66.8. The molecule has 4 rings (SSSR count). The van der Waals surface area contributed by atoms with E-state index in [1.165, 1.54) is 41.1 Å². The first-order valence-electron chi connectivity index (χ1n) is 11.8. The molecule has 14 heteroatoms. The monoisotopic (exact) mass is 565 g/mol. The molecule has 1 unspecified atom stereocenters. The van der Waals surface area contributed by atoms with Gasteiger partial charge >= 0.3 is 12.1 Å². The number of nitrogens with one attached hydrogen (secondary N) is 3. The Bertz CT molecular complexity index is 1470. The van der Waals surface area contributed by atoms with Gasteiger partial charge in [0.2, 0.25) is 5.56 Å². The van der Waals surface area contributed by atoms with Gasteiger partial charge in [-0.05, 0) is 24.3 Å². The van der Waals surface area contributed by atoms with E-state index in [1.807, 2.05) is 0 Å². The van der Waals surface area contributed by atoms with Crippen LogP contribution in [0.25, 0.3) is 11.4 Å². The van der Waals surface area contributed by atoms with Gasteiger partial charge in [-0.1, -0.05) is 5.92 Å². The number of aryl methyl sites for hydroxylation is 1. The second-order valence-electron chi connectivity index (χ2n) is 8.81. The van der Waals surface area contributed by atoms with Gasteiger partial charge in [-0.15, -0.1) is 0 Å². The van der Waals surface area contributed by atoms with Gasteiger partial charge in [0.25, 0.3) is 0 Å². The number of rotatable bonds is 6. The number of aromatic amines is 1. The highest BCUT2D eigenvalue weighted by atomic mass is 32.3. The molecule has 10 nitrogen and oxygen atoms in total. The number of pyridine rings is 1. The predicted octanol–water partition coefficient (Wildman–Crippen LogP) is 3.28. The van der Waals surface area contributed by atoms with Crippen molar-refractivity contribution in [2.24, 2.45) is 7.05 Å². The van der Waals surface area contributed by atoms with Crippen molar-refractivity contribution in [3.63, 3.8) is 0 Å². The largest absolute Gasteiger partial charge is 0.491 e. The normalized spacial score (nSPS) is 17.5. The minimum atomic E-state index is -4.60. The van der Waals surface area contributed by atoms with Gasteiger partial charge in [-0.25, -0.2) is 4.98 Å². The Kier molecular flexibility index (Phi) is 8.36. The molecule has 1 amide bonds. The van der Waals surface area contributed by atoms with Crippen LogP contribution in [0.2, 0.25) is 0 Å². The summed E-state index contributed by atoms with van der Waals surface area (Å²) in [4.78, 5) is 30.2. The van der Waals surface area contributed by atoms with Crippen LogP contribution in [0, 0.1) is 11.8 Å². The Morgan fingerprint density at radius 2 is 2.10 bits per heavy atom. The number of halogens is 3. The van der Waals surface area contributed by atoms with Crippen LogP contribution in [0.4, 0.5) is 18.9 Å². The third kappa shape index (κ3) is 7.21. The van der Waals surface area contributed by atoms with Gasteiger partial charge in [0, 0.05) is 55.9 Å². The highest BCUT2D eigenvalue weighted by Gasteiger charge is 2.33. The number of hydrogen-bond donors (Lipinski definition) is 5. The fraction of sp³-hybridized carbons (Fsp3) is 0.320. The molecule has 0 radical (unpaired) electrons. The molecular formula is C25H26F3N5O5S. The Morgan fingerprint density at radius 3 is 2.79 bits per heavy atom. The standard InChI is InChI=1S/C25H26F3N5O5S/c1-33-15-16(3-7-23(33)35)2-6-22(34)31-19-12-17(24-30-14-21(32-24)25(26,27)28)4-5-20(19)38-10-8-18-13-29-9-11-39(18,36)37/h3-5,7,12,14-15,18,29,36-37H,8-11,13H2,1H3,(H,30,32)(H,31,34). The molecule has 3 aromatic rings. The zero-order valence-corrected chi connectivity index (χ0v) is 21.5. The summed E-state index contributed by atoms with van der Waals surface area (Å²) in [6.45, 7) is 1.03. The van der Waals surface area contributed by atoms with Crippen LogP contribution in [0.1, 0.15) is 17.7 Å². The fourth-order valence-corrected chi connectivity index (χ4v) is 5.48. The van der Waals surface area contributed by atoms with Crippen molar-refractivity contribution < 1.29 is 31.8 Å². The number of alkyl halides is 3. The first kappa shape index (κ1) is 28.2. The van der Waals surface area contributed by atoms with Gasteiger partial charge in [0.05, 0.1) is 29.5 Å². The zero-order chi connectivity index (χ0) is 28.2. The smallest absolute Gasteiger partial charge is 0.432 e. The third-order valence-corrected chi connectivity index (χ3v) is 8.25. The average molecular weight is 566 g/mol. The molecule has 39 heavy (non-hydrogen) atoms. The number of imidazole rings is 1. The van der Waals surface area contributed by atoms with E-state index in [0.717, 1.165) is 0 Å². The summed E-state index contributed by atoms with van der Waals surface area (Å²) in [6, 6.07) is 7.13. The second-order valence-corrected chi connectivity index (χ2v) is 11.3. The number of carbonyl (C=O) groups excluding carboxylic acids is 1.